The molecule has 1 amide bonds. The van der Waals surface area contributed by atoms with E-state index in [1.165, 1.54) is 30.3 Å². The zero-order valence-electron chi connectivity index (χ0n) is 25.6. The summed E-state index contributed by atoms with van der Waals surface area (Å²) in [6.45, 7) is 4.01. The van der Waals surface area contributed by atoms with Crippen LogP contribution in [0.25, 0.3) is 0 Å². The largest absolute Gasteiger partial charge is 0.468 e. The van der Waals surface area contributed by atoms with Crippen molar-refractivity contribution in [2.45, 2.75) is 83.5 Å². The number of aliphatic imine (C=N–C) groups is 1. The van der Waals surface area contributed by atoms with Crippen molar-refractivity contribution in [3.05, 3.63) is 30.3 Å². The first-order valence-electron chi connectivity index (χ1n) is 13.5. The molecule has 0 aromatic heterocycles. The van der Waals surface area contributed by atoms with Gasteiger partial charge in [0.05, 0.1) is 25.3 Å². The molecule has 0 bridgehead atoms. The SMILES string of the molecule is COC(=O)C1(OC(=Nc2ccccc2)C(F)(F)F)C[C@@H](OC(C)=O)[C@H](NC(C)=O)[C@@H]([C@H](OC(C)=O)[C@@H](COC(C)=O)OC(C)=O)O1. The molecule has 15 nitrogen and oxygen atoms in total. The predicted octanol–water partition coefficient (Wildman–Crippen LogP) is 1.82. The van der Waals surface area contributed by atoms with Crippen LogP contribution in [0.4, 0.5) is 18.9 Å². The Balaban J connectivity index is 2.89. The lowest BCUT2D eigenvalue weighted by molar-refractivity contribution is -0.298. The first kappa shape index (κ1) is 37.4. The molecule has 1 fully saturated rings. The van der Waals surface area contributed by atoms with Crippen LogP contribution in [0.2, 0.25) is 0 Å². The topological polar surface area (TPSA) is 191 Å². The van der Waals surface area contributed by atoms with Crippen LogP contribution in [0, 0.1) is 0 Å². The van der Waals surface area contributed by atoms with Gasteiger partial charge in [0.25, 0.3) is 0 Å². The number of amides is 1. The molecule has 1 heterocycles. The molecule has 0 spiro atoms. The number of ether oxygens (including phenoxy) is 7. The molecular formula is C28H33F3N2O13. The van der Waals surface area contributed by atoms with Crippen molar-refractivity contribution in [1.29, 1.82) is 0 Å². The molecular weight excluding hydrogens is 629 g/mol. The van der Waals surface area contributed by atoms with Gasteiger partial charge in [-0.15, -0.1) is 0 Å². The van der Waals surface area contributed by atoms with Crippen molar-refractivity contribution < 1.29 is 75.1 Å². The Kier molecular flexibility index (Phi) is 13.0. The summed E-state index contributed by atoms with van der Waals surface area (Å²) in [5.41, 5.74) is -0.246. The van der Waals surface area contributed by atoms with Crippen molar-refractivity contribution in [2.24, 2.45) is 4.99 Å². The number of hydrogen-bond donors (Lipinski definition) is 1. The minimum atomic E-state index is -5.36. The van der Waals surface area contributed by atoms with Crippen LogP contribution in [0.15, 0.2) is 35.3 Å². The normalized spacial score (nSPS) is 22.7. The van der Waals surface area contributed by atoms with Crippen LogP contribution in [0.5, 0.6) is 0 Å². The standard InChI is InChI=1S/C28H33F3N2O13/c1-14(34)32-22-20(42-16(3)36)12-27(26(39)40-6,46-25(28(29,30)31)33-19-10-8-7-9-11-19)45-24(22)23(44-18(5)38)21(43-17(4)37)13-41-15(2)35/h7-11,20-24H,12-13H2,1-6H3,(H,32,34)/t20-,21-,22+,23-,24+,27?/m1/s1. The van der Waals surface area contributed by atoms with E-state index in [4.69, 9.17) is 33.2 Å². The minimum absolute atomic E-state index is 0.246. The van der Waals surface area contributed by atoms with Crippen molar-refractivity contribution in [3.8, 4) is 0 Å². The summed E-state index contributed by atoms with van der Waals surface area (Å²) < 4.78 is 79.6. The average molecular weight is 663 g/mol. The maximum atomic E-state index is 14.3. The second-order valence-corrected chi connectivity index (χ2v) is 9.78. The molecule has 1 N–H and O–H groups in total. The summed E-state index contributed by atoms with van der Waals surface area (Å²) in [5, 5.41) is 2.39. The lowest BCUT2D eigenvalue weighted by Gasteiger charge is -2.48. The van der Waals surface area contributed by atoms with E-state index < -0.39 is 97.1 Å². The van der Waals surface area contributed by atoms with Crippen LogP contribution in [-0.2, 0) is 61.9 Å². The molecule has 2 rings (SSSR count). The number of esters is 5. The number of nitrogens with one attached hydrogen (secondary N) is 1. The highest BCUT2D eigenvalue weighted by molar-refractivity contribution is 5.89. The van der Waals surface area contributed by atoms with E-state index in [1.807, 2.05) is 0 Å². The lowest BCUT2D eigenvalue weighted by atomic mass is 9.88. The molecule has 1 unspecified atom stereocenters. The van der Waals surface area contributed by atoms with E-state index in [-0.39, 0.29) is 5.69 Å². The van der Waals surface area contributed by atoms with Crippen LogP contribution < -0.4 is 5.32 Å². The number of para-hydroxylation sites is 1. The highest BCUT2D eigenvalue weighted by atomic mass is 19.4. The number of alkyl halides is 3. The number of nitrogens with zero attached hydrogens (tertiary/aromatic N) is 1. The molecule has 0 saturated carbocycles. The first-order valence-corrected chi connectivity index (χ1v) is 13.5. The fraction of sp³-hybridized carbons (Fsp3) is 0.536. The Morgan fingerprint density at radius 3 is 2.04 bits per heavy atom. The molecule has 254 valence electrons. The Labute approximate surface area is 260 Å². The predicted molar refractivity (Wildman–Crippen MR) is 146 cm³/mol. The van der Waals surface area contributed by atoms with Crippen molar-refractivity contribution in [2.75, 3.05) is 13.7 Å². The van der Waals surface area contributed by atoms with Crippen LogP contribution in [-0.4, -0.2) is 97.8 Å². The number of benzene rings is 1. The van der Waals surface area contributed by atoms with Gasteiger partial charge in [-0.1, -0.05) is 18.2 Å². The average Bonchev–Trinajstić information content (AvgIpc) is 2.93. The zero-order valence-corrected chi connectivity index (χ0v) is 25.6. The van der Waals surface area contributed by atoms with Crippen LogP contribution in [0.1, 0.15) is 41.0 Å². The Hall–Kier alpha value is -4.74. The molecule has 1 aliphatic rings. The number of rotatable bonds is 11. The molecule has 18 heteroatoms. The molecule has 0 aliphatic carbocycles. The summed E-state index contributed by atoms with van der Waals surface area (Å²) in [5.74, 6) is -11.5. The fourth-order valence-electron chi connectivity index (χ4n) is 4.42. The maximum absolute atomic E-state index is 14.3. The van der Waals surface area contributed by atoms with Gasteiger partial charge in [-0.05, 0) is 12.1 Å². The van der Waals surface area contributed by atoms with E-state index in [1.54, 1.807) is 0 Å². The van der Waals surface area contributed by atoms with E-state index in [0.717, 1.165) is 41.7 Å². The minimum Gasteiger partial charge on any atom is -0.464 e. The molecule has 6 atom stereocenters. The second kappa shape index (κ2) is 16.0. The molecule has 1 aromatic carbocycles. The summed E-state index contributed by atoms with van der Waals surface area (Å²) in [6, 6.07) is 5.07. The maximum Gasteiger partial charge on any atom is 0.468 e. The molecule has 0 radical (unpaired) electrons. The van der Waals surface area contributed by atoms with Gasteiger partial charge >= 0.3 is 47.7 Å². The first-order chi connectivity index (χ1) is 21.4. The molecule has 1 aliphatic heterocycles. The Bertz CT molecular complexity index is 1320. The Morgan fingerprint density at radius 1 is 0.957 bits per heavy atom. The Morgan fingerprint density at radius 2 is 1.57 bits per heavy atom. The van der Waals surface area contributed by atoms with Crippen LogP contribution in [0.3, 0.4) is 0 Å². The van der Waals surface area contributed by atoms with E-state index in [2.05, 4.69) is 10.3 Å². The number of carbonyl (C=O) groups is 6. The van der Waals surface area contributed by atoms with Gasteiger partial charge in [0.15, 0.2) is 12.2 Å². The third-order valence-corrected chi connectivity index (χ3v) is 5.99. The highest BCUT2D eigenvalue weighted by Gasteiger charge is 2.62. The monoisotopic (exact) mass is 662 g/mol. The van der Waals surface area contributed by atoms with Gasteiger partial charge in [0.2, 0.25) is 5.91 Å². The number of carbonyl (C=O) groups excluding carboxylic acids is 6. The third kappa shape index (κ3) is 10.7. The third-order valence-electron chi connectivity index (χ3n) is 5.99. The van der Waals surface area contributed by atoms with Gasteiger partial charge in [-0.3, -0.25) is 24.0 Å². The molecule has 1 saturated heterocycles. The second-order valence-electron chi connectivity index (χ2n) is 9.78. The molecule has 46 heavy (non-hydrogen) atoms. The van der Waals surface area contributed by atoms with Gasteiger partial charge in [0, 0.05) is 34.6 Å². The summed E-state index contributed by atoms with van der Waals surface area (Å²) in [7, 11) is 0.792. The number of hydrogen-bond acceptors (Lipinski definition) is 14. The van der Waals surface area contributed by atoms with E-state index in [9.17, 15) is 41.9 Å². The summed E-state index contributed by atoms with van der Waals surface area (Å²) in [6.07, 6.45) is -13.8. The fourth-order valence-corrected chi connectivity index (χ4v) is 4.42. The highest BCUT2D eigenvalue weighted by Crippen LogP contribution is 2.39. The van der Waals surface area contributed by atoms with Crippen molar-refractivity contribution in [1.82, 2.24) is 5.32 Å². The smallest absolute Gasteiger partial charge is 0.464 e. The summed E-state index contributed by atoms with van der Waals surface area (Å²) >= 11 is 0. The van der Waals surface area contributed by atoms with Gasteiger partial charge in [-0.25, -0.2) is 9.79 Å². The van der Waals surface area contributed by atoms with Crippen LogP contribution >= 0.6 is 0 Å². The van der Waals surface area contributed by atoms with Gasteiger partial charge in [0.1, 0.15) is 18.8 Å². The van der Waals surface area contributed by atoms with E-state index in [0.29, 0.717) is 0 Å². The summed E-state index contributed by atoms with van der Waals surface area (Å²) in [4.78, 5) is 77.2. The molecule has 1 aromatic rings. The number of methoxy groups -OCH3 is 1. The van der Waals surface area contributed by atoms with E-state index >= 15 is 0 Å². The zero-order chi connectivity index (χ0) is 34.8. The lowest BCUT2D eigenvalue weighted by Crippen LogP contribution is -2.69. The number of halogens is 3. The quantitative estimate of drug-likeness (QED) is 0.156. The van der Waals surface area contributed by atoms with Crippen molar-refractivity contribution in [3.63, 3.8) is 0 Å². The van der Waals surface area contributed by atoms with Gasteiger partial charge in [-0.2, -0.15) is 13.2 Å². The van der Waals surface area contributed by atoms with Crippen molar-refractivity contribution >= 4 is 47.3 Å². The van der Waals surface area contributed by atoms with Gasteiger partial charge < -0.3 is 38.5 Å².